The number of rotatable bonds is 8. The van der Waals surface area contributed by atoms with E-state index in [4.69, 9.17) is 9.15 Å². The van der Waals surface area contributed by atoms with Gasteiger partial charge in [0, 0.05) is 6.54 Å². The summed E-state index contributed by atoms with van der Waals surface area (Å²) in [6.45, 7) is 0.750. The summed E-state index contributed by atoms with van der Waals surface area (Å²) in [5.74, 6) is 0.799. The van der Waals surface area contributed by atoms with Gasteiger partial charge in [-0.15, -0.1) is 0 Å². The van der Waals surface area contributed by atoms with Crippen molar-refractivity contribution in [3.63, 3.8) is 0 Å². The van der Waals surface area contributed by atoms with Crippen LogP contribution in [0.1, 0.15) is 17.7 Å². The molecule has 2 amide bonds. The first kappa shape index (κ1) is 16.6. The number of benzene rings is 1. The third kappa shape index (κ3) is 5.86. The molecule has 0 fully saturated rings. The molecular weight excluding hydrogens is 296 g/mol. The van der Waals surface area contributed by atoms with Crippen LogP contribution in [-0.4, -0.2) is 25.5 Å². The Balaban J connectivity index is 1.65. The summed E-state index contributed by atoms with van der Waals surface area (Å²) >= 11 is 0. The minimum absolute atomic E-state index is 0.196. The van der Waals surface area contributed by atoms with Crippen molar-refractivity contribution in [3.8, 4) is 5.75 Å². The lowest BCUT2D eigenvalue weighted by atomic mass is 10.1. The van der Waals surface area contributed by atoms with Crippen molar-refractivity contribution in [3.05, 3.63) is 54.0 Å². The van der Waals surface area contributed by atoms with Crippen molar-refractivity contribution in [2.45, 2.75) is 19.4 Å². The first-order valence-corrected chi connectivity index (χ1v) is 7.36. The lowest BCUT2D eigenvalue weighted by Crippen LogP contribution is -2.32. The number of carbonyl (C=O) groups excluding carboxylic acids is 2. The van der Waals surface area contributed by atoms with Crippen LogP contribution in [0.25, 0.3) is 0 Å². The molecule has 0 atom stereocenters. The van der Waals surface area contributed by atoms with Gasteiger partial charge in [0.1, 0.15) is 17.9 Å². The lowest BCUT2D eigenvalue weighted by molar-refractivity contribution is -0.129. The molecule has 0 spiro atoms. The Hall–Kier alpha value is -2.76. The predicted octanol–water partition coefficient (Wildman–Crippen LogP) is 1.65. The highest BCUT2D eigenvalue weighted by Gasteiger charge is 2.09. The zero-order chi connectivity index (χ0) is 16.5. The van der Waals surface area contributed by atoms with Gasteiger partial charge in [-0.2, -0.15) is 0 Å². The summed E-state index contributed by atoms with van der Waals surface area (Å²) in [6.07, 6.45) is 2.02. The second-order valence-electron chi connectivity index (χ2n) is 4.98. The quantitative estimate of drug-likeness (QED) is 0.726. The lowest BCUT2D eigenvalue weighted by Gasteiger charge is -2.07. The molecule has 2 rings (SSSR count). The second kappa shape index (κ2) is 8.63. The molecule has 0 aliphatic heterocycles. The normalized spacial score (nSPS) is 10.1. The van der Waals surface area contributed by atoms with Crippen molar-refractivity contribution in [2.75, 3.05) is 13.7 Å². The summed E-state index contributed by atoms with van der Waals surface area (Å²) in [4.78, 5) is 23.3. The van der Waals surface area contributed by atoms with Crippen LogP contribution in [0.15, 0.2) is 47.1 Å². The average molecular weight is 316 g/mol. The van der Waals surface area contributed by atoms with E-state index in [0.717, 1.165) is 11.3 Å². The Bertz CT molecular complexity index is 638. The maximum Gasteiger partial charge on any atom is 0.229 e. The fraction of sp³-hybridized carbons (Fsp3) is 0.294. The van der Waals surface area contributed by atoms with Crippen LogP contribution >= 0.6 is 0 Å². The number of carbonyl (C=O) groups is 2. The summed E-state index contributed by atoms with van der Waals surface area (Å²) in [7, 11) is 1.61. The van der Waals surface area contributed by atoms with Gasteiger partial charge in [-0.1, -0.05) is 12.1 Å². The van der Waals surface area contributed by atoms with Crippen molar-refractivity contribution >= 4 is 11.8 Å². The zero-order valence-electron chi connectivity index (χ0n) is 13.0. The van der Waals surface area contributed by atoms with E-state index >= 15 is 0 Å². The van der Waals surface area contributed by atoms with Crippen LogP contribution in [0.3, 0.4) is 0 Å². The van der Waals surface area contributed by atoms with Crippen LogP contribution in [0.2, 0.25) is 0 Å². The maximum absolute atomic E-state index is 11.7. The Morgan fingerprint density at radius 2 is 1.96 bits per heavy atom. The van der Waals surface area contributed by atoms with Crippen LogP contribution in [0.5, 0.6) is 5.75 Å². The van der Waals surface area contributed by atoms with Gasteiger partial charge < -0.3 is 19.8 Å². The Kier molecular flexibility index (Phi) is 6.23. The Labute approximate surface area is 134 Å². The summed E-state index contributed by atoms with van der Waals surface area (Å²) in [5.41, 5.74) is 1.06. The molecule has 0 aliphatic rings. The van der Waals surface area contributed by atoms with Crippen molar-refractivity contribution < 1.29 is 18.7 Å². The second-order valence-corrected chi connectivity index (χ2v) is 4.98. The molecule has 1 aromatic carbocycles. The van der Waals surface area contributed by atoms with Crippen LogP contribution in [-0.2, 0) is 22.6 Å². The highest BCUT2D eigenvalue weighted by molar-refractivity contribution is 5.96. The third-order valence-electron chi connectivity index (χ3n) is 3.23. The molecule has 0 radical (unpaired) electrons. The monoisotopic (exact) mass is 316 g/mol. The number of hydrogen-bond donors (Lipinski definition) is 2. The first-order chi connectivity index (χ1) is 11.2. The number of amides is 2. The molecule has 2 aromatic rings. The molecule has 2 N–H and O–H groups in total. The number of nitrogens with one attached hydrogen (secondary N) is 2. The van der Waals surface area contributed by atoms with E-state index in [0.29, 0.717) is 18.7 Å². The molecule has 23 heavy (non-hydrogen) atoms. The van der Waals surface area contributed by atoms with Gasteiger partial charge in [0.05, 0.1) is 19.9 Å². The van der Waals surface area contributed by atoms with Gasteiger partial charge in [0.25, 0.3) is 0 Å². The zero-order valence-corrected chi connectivity index (χ0v) is 13.0. The van der Waals surface area contributed by atoms with E-state index in [1.807, 2.05) is 24.3 Å². The summed E-state index contributed by atoms with van der Waals surface area (Å²) in [6, 6.07) is 11.2. The van der Waals surface area contributed by atoms with Gasteiger partial charge >= 0.3 is 0 Å². The van der Waals surface area contributed by atoms with Crippen molar-refractivity contribution in [2.24, 2.45) is 0 Å². The van der Waals surface area contributed by atoms with Crippen molar-refractivity contribution in [1.82, 2.24) is 10.6 Å². The Morgan fingerprint density at radius 3 is 2.70 bits per heavy atom. The molecule has 1 aromatic heterocycles. The number of hydrogen-bond acceptors (Lipinski definition) is 4. The molecule has 1 heterocycles. The van der Waals surface area contributed by atoms with Crippen molar-refractivity contribution in [1.29, 1.82) is 0 Å². The average Bonchev–Trinajstić information content (AvgIpc) is 3.06. The van der Waals surface area contributed by atoms with E-state index in [9.17, 15) is 9.59 Å². The maximum atomic E-state index is 11.7. The molecule has 122 valence electrons. The molecule has 0 unspecified atom stereocenters. The van der Waals surface area contributed by atoms with Crippen LogP contribution in [0, 0.1) is 0 Å². The highest BCUT2D eigenvalue weighted by atomic mass is 16.5. The first-order valence-electron chi connectivity index (χ1n) is 7.36. The fourth-order valence-corrected chi connectivity index (χ4v) is 2.04. The minimum atomic E-state index is -0.333. The van der Waals surface area contributed by atoms with E-state index in [2.05, 4.69) is 10.6 Å². The number of methoxy groups -OCH3 is 1. The predicted molar refractivity (Wildman–Crippen MR) is 84.9 cm³/mol. The topological polar surface area (TPSA) is 80.6 Å². The van der Waals surface area contributed by atoms with Gasteiger partial charge in [0.15, 0.2) is 0 Å². The molecule has 6 heteroatoms. The molecule has 0 bridgehead atoms. The molecule has 6 nitrogen and oxygen atoms in total. The largest absolute Gasteiger partial charge is 0.497 e. The Morgan fingerprint density at radius 1 is 1.13 bits per heavy atom. The third-order valence-corrected chi connectivity index (χ3v) is 3.23. The smallest absolute Gasteiger partial charge is 0.229 e. The fourth-order valence-electron chi connectivity index (χ4n) is 2.04. The van der Waals surface area contributed by atoms with Gasteiger partial charge in [-0.25, -0.2) is 0 Å². The SMILES string of the molecule is COc1cccc(CCNC(=O)CC(=O)NCc2ccco2)c1. The summed E-state index contributed by atoms with van der Waals surface area (Å²) < 4.78 is 10.2. The standard InChI is InChI=1S/C17H20N2O4/c1-22-14-5-2-4-13(10-14)7-8-18-16(20)11-17(21)19-12-15-6-3-9-23-15/h2-6,9-10H,7-8,11-12H2,1H3,(H,18,20)(H,19,21). The van der Waals surface area contributed by atoms with Crippen LogP contribution < -0.4 is 15.4 Å². The number of ether oxygens (including phenoxy) is 1. The van der Waals surface area contributed by atoms with E-state index < -0.39 is 0 Å². The van der Waals surface area contributed by atoms with E-state index in [-0.39, 0.29) is 24.8 Å². The molecular formula is C17H20N2O4. The number of furan rings is 1. The van der Waals surface area contributed by atoms with Crippen LogP contribution in [0.4, 0.5) is 0 Å². The van der Waals surface area contributed by atoms with E-state index in [1.54, 1.807) is 19.2 Å². The van der Waals surface area contributed by atoms with Gasteiger partial charge in [-0.05, 0) is 36.2 Å². The summed E-state index contributed by atoms with van der Waals surface area (Å²) in [5, 5.41) is 5.36. The van der Waals surface area contributed by atoms with E-state index in [1.165, 1.54) is 6.26 Å². The molecule has 0 saturated carbocycles. The molecule has 0 aliphatic carbocycles. The van der Waals surface area contributed by atoms with Gasteiger partial charge in [-0.3, -0.25) is 9.59 Å². The minimum Gasteiger partial charge on any atom is -0.497 e. The highest BCUT2D eigenvalue weighted by Crippen LogP contribution is 2.12. The van der Waals surface area contributed by atoms with Gasteiger partial charge in [0.2, 0.25) is 11.8 Å². The molecule has 0 saturated heterocycles.